The van der Waals surface area contributed by atoms with E-state index in [1.54, 1.807) is 36.4 Å². The molecule has 3 aromatic carbocycles. The van der Waals surface area contributed by atoms with Crippen LogP contribution in [0, 0.1) is 10.1 Å². The van der Waals surface area contributed by atoms with Gasteiger partial charge >= 0.3 is 6.03 Å². The number of rotatable bonds is 7. The third kappa shape index (κ3) is 5.41. The first-order valence-electron chi connectivity index (χ1n) is 12.1. The van der Waals surface area contributed by atoms with E-state index in [2.05, 4.69) is 26.6 Å². The summed E-state index contributed by atoms with van der Waals surface area (Å²) in [5.41, 5.74) is 4.16. The first-order chi connectivity index (χ1) is 19.2. The Balaban J connectivity index is 1.54. The van der Waals surface area contributed by atoms with Gasteiger partial charge in [0.25, 0.3) is 17.5 Å². The Labute approximate surface area is 227 Å². The summed E-state index contributed by atoms with van der Waals surface area (Å²) in [7, 11) is 0. The first-order valence-corrected chi connectivity index (χ1v) is 12.1. The molecular weight excluding hydrogens is 516 g/mol. The minimum atomic E-state index is -0.593. The quantitative estimate of drug-likeness (QED) is 0.133. The number of imide groups is 1. The van der Waals surface area contributed by atoms with Crippen molar-refractivity contribution in [3.63, 3.8) is 0 Å². The monoisotopic (exact) mass is 538 g/mol. The molecule has 0 radical (unpaired) electrons. The predicted molar refractivity (Wildman–Crippen MR) is 147 cm³/mol. The number of nitro benzene ring substituents is 1. The molecule has 2 heterocycles. The van der Waals surface area contributed by atoms with Gasteiger partial charge in [0.2, 0.25) is 5.91 Å². The van der Waals surface area contributed by atoms with Crippen molar-refractivity contribution < 1.29 is 24.1 Å². The van der Waals surface area contributed by atoms with Crippen LogP contribution in [0.3, 0.4) is 0 Å². The van der Waals surface area contributed by atoms with E-state index in [9.17, 15) is 29.3 Å². The summed E-state index contributed by atoms with van der Waals surface area (Å²) < 4.78 is 0. The van der Waals surface area contributed by atoms with Gasteiger partial charge in [-0.15, -0.1) is 0 Å². The van der Waals surface area contributed by atoms with Gasteiger partial charge in [-0.3, -0.25) is 29.8 Å². The molecule has 200 valence electrons. The van der Waals surface area contributed by atoms with Crippen molar-refractivity contribution in [3.8, 4) is 0 Å². The summed E-state index contributed by atoms with van der Waals surface area (Å²) in [6.07, 6.45) is 1.52. The van der Waals surface area contributed by atoms with Crippen LogP contribution in [-0.2, 0) is 20.9 Å². The molecule has 5 amide bonds. The number of amides is 5. The van der Waals surface area contributed by atoms with Crippen molar-refractivity contribution in [3.05, 3.63) is 105 Å². The highest BCUT2D eigenvalue weighted by atomic mass is 16.6. The number of nitrogens with one attached hydrogen (secondary N) is 5. The highest BCUT2D eigenvalue weighted by molar-refractivity contribution is 6.37. The maximum absolute atomic E-state index is 13.2. The molecule has 1 saturated heterocycles. The number of anilines is 2. The molecule has 12 nitrogen and oxygen atoms in total. The number of carbonyl (C=O) groups is 4. The summed E-state index contributed by atoms with van der Waals surface area (Å²) >= 11 is 0. The summed E-state index contributed by atoms with van der Waals surface area (Å²) in [5.74, 6) is -1.12. The van der Waals surface area contributed by atoms with E-state index >= 15 is 0 Å². The maximum atomic E-state index is 13.2. The maximum Gasteiger partial charge on any atom is 0.326 e. The topological polar surface area (TPSA) is 172 Å². The van der Waals surface area contributed by atoms with Crippen LogP contribution in [0.1, 0.15) is 29.2 Å². The number of hydrogen-bond acceptors (Lipinski definition) is 7. The minimum Gasteiger partial charge on any atom is -0.354 e. The van der Waals surface area contributed by atoms with Crippen LogP contribution in [0.4, 0.5) is 21.9 Å². The predicted octanol–water partition coefficient (Wildman–Crippen LogP) is 3.34. The van der Waals surface area contributed by atoms with Crippen molar-refractivity contribution in [2.75, 3.05) is 10.6 Å². The van der Waals surface area contributed by atoms with Gasteiger partial charge in [-0.2, -0.15) is 0 Å². The molecule has 0 bridgehead atoms. The first kappa shape index (κ1) is 25.9. The fraction of sp³-hybridized carbons (Fsp3) is 0.0714. The van der Waals surface area contributed by atoms with E-state index < -0.39 is 22.8 Å². The number of nitrogens with zero attached hydrogens (tertiary/aromatic N) is 1. The lowest BCUT2D eigenvalue weighted by Crippen LogP contribution is -2.22. The Morgan fingerprint density at radius 3 is 2.27 bits per heavy atom. The molecule has 5 N–H and O–H groups in total. The van der Waals surface area contributed by atoms with Gasteiger partial charge in [0, 0.05) is 42.5 Å². The van der Waals surface area contributed by atoms with Crippen LogP contribution < -0.4 is 26.6 Å². The van der Waals surface area contributed by atoms with E-state index in [1.165, 1.54) is 31.2 Å². The lowest BCUT2D eigenvalue weighted by molar-refractivity contribution is -0.384. The smallest absolute Gasteiger partial charge is 0.326 e. The van der Waals surface area contributed by atoms with Crippen LogP contribution in [0.5, 0.6) is 0 Å². The Bertz CT molecular complexity index is 1640. The van der Waals surface area contributed by atoms with Gasteiger partial charge in [0.15, 0.2) is 0 Å². The average molecular weight is 539 g/mol. The number of urea groups is 1. The number of hydrogen-bond donors (Lipinski definition) is 5. The Morgan fingerprint density at radius 2 is 1.65 bits per heavy atom. The fourth-order valence-electron chi connectivity index (χ4n) is 4.27. The molecular formula is C28H22N6O6. The van der Waals surface area contributed by atoms with E-state index in [0.717, 1.165) is 5.56 Å². The Morgan fingerprint density at radius 1 is 0.925 bits per heavy atom. The largest absolute Gasteiger partial charge is 0.354 e. The molecule has 0 unspecified atom stereocenters. The lowest BCUT2D eigenvalue weighted by atomic mass is 9.98. The molecule has 3 aromatic rings. The van der Waals surface area contributed by atoms with Crippen molar-refractivity contribution in [2.45, 2.75) is 13.5 Å². The molecule has 2 aliphatic rings. The zero-order chi connectivity index (χ0) is 28.4. The average Bonchev–Trinajstić information content (AvgIpc) is 3.43. The van der Waals surface area contributed by atoms with Crippen molar-refractivity contribution in [1.82, 2.24) is 16.0 Å². The Hall–Kier alpha value is -5.78. The highest BCUT2D eigenvalue weighted by Gasteiger charge is 2.30. The van der Waals surface area contributed by atoms with Gasteiger partial charge in [0.05, 0.1) is 16.2 Å². The molecule has 0 spiro atoms. The second kappa shape index (κ2) is 10.5. The second-order valence-corrected chi connectivity index (χ2v) is 9.01. The van der Waals surface area contributed by atoms with Crippen molar-refractivity contribution >= 4 is 58.2 Å². The van der Waals surface area contributed by atoms with Crippen LogP contribution in [0.25, 0.3) is 17.3 Å². The van der Waals surface area contributed by atoms with E-state index in [-0.39, 0.29) is 22.9 Å². The molecule has 0 aromatic heterocycles. The second-order valence-electron chi connectivity index (χ2n) is 9.01. The molecule has 2 aliphatic heterocycles. The van der Waals surface area contributed by atoms with Crippen LogP contribution in [-0.4, -0.2) is 28.7 Å². The molecule has 40 heavy (non-hydrogen) atoms. The van der Waals surface area contributed by atoms with Gasteiger partial charge < -0.3 is 21.3 Å². The normalized spacial score (nSPS) is 16.1. The molecule has 12 heteroatoms. The van der Waals surface area contributed by atoms with Crippen molar-refractivity contribution in [2.24, 2.45) is 0 Å². The molecule has 5 rings (SSSR count). The standard InChI is InChI=1S/C28H22N6O6/c1-15(35)29-14-17-2-6-18(7-3-17)25(24-21-13-20(34(39)40)10-11-22(21)31-27(24)37)30-19-8-4-16(5-9-19)12-23-26(36)33-28(38)32-23/h2-13,30H,14H2,1H3,(H,29,35)(H,31,37)(H2,32,33,36,38)/b23-12+,25-24-. The minimum absolute atomic E-state index is 0.119. The van der Waals surface area contributed by atoms with Gasteiger partial charge in [0.1, 0.15) is 5.70 Å². The van der Waals surface area contributed by atoms with E-state index in [0.29, 0.717) is 40.3 Å². The van der Waals surface area contributed by atoms with Gasteiger partial charge in [-0.25, -0.2) is 4.79 Å². The van der Waals surface area contributed by atoms with Crippen LogP contribution in [0.2, 0.25) is 0 Å². The zero-order valence-electron chi connectivity index (χ0n) is 21.0. The Kier molecular flexibility index (Phi) is 6.81. The van der Waals surface area contributed by atoms with Crippen molar-refractivity contribution in [1.29, 1.82) is 0 Å². The number of nitro groups is 1. The zero-order valence-corrected chi connectivity index (χ0v) is 21.0. The number of non-ortho nitro benzene ring substituents is 1. The molecule has 0 saturated carbocycles. The number of benzene rings is 3. The van der Waals surface area contributed by atoms with Gasteiger partial charge in [-0.05, 0) is 41.0 Å². The van der Waals surface area contributed by atoms with E-state index in [4.69, 9.17) is 0 Å². The summed E-state index contributed by atoms with van der Waals surface area (Å²) in [6, 6.07) is 17.7. The molecule has 0 atom stereocenters. The van der Waals surface area contributed by atoms with Crippen LogP contribution >= 0.6 is 0 Å². The van der Waals surface area contributed by atoms with Crippen LogP contribution in [0.15, 0.2) is 72.4 Å². The fourth-order valence-corrected chi connectivity index (χ4v) is 4.27. The third-order valence-electron chi connectivity index (χ3n) is 6.20. The molecule has 1 fully saturated rings. The summed E-state index contributed by atoms with van der Waals surface area (Å²) in [6.45, 7) is 1.76. The van der Waals surface area contributed by atoms with Gasteiger partial charge in [-0.1, -0.05) is 36.4 Å². The van der Waals surface area contributed by atoms with E-state index in [1.807, 2.05) is 12.1 Å². The molecule has 0 aliphatic carbocycles. The number of fused-ring (bicyclic) bond motifs is 1. The number of carbonyl (C=O) groups excluding carboxylic acids is 4. The summed E-state index contributed by atoms with van der Waals surface area (Å²) in [4.78, 5) is 58.6. The SMILES string of the molecule is CC(=O)NCc1ccc(/C(Nc2ccc(/C=C3/NC(=O)NC3=O)cc2)=C2/C(=O)Nc3ccc([N+](=O)[O-])cc32)cc1. The summed E-state index contributed by atoms with van der Waals surface area (Å²) in [5, 5.41) is 24.8. The highest BCUT2D eigenvalue weighted by Crippen LogP contribution is 2.39. The third-order valence-corrected chi connectivity index (χ3v) is 6.20. The lowest BCUT2D eigenvalue weighted by Gasteiger charge is -2.16.